The zero-order valence-corrected chi connectivity index (χ0v) is 17.0. The third-order valence-corrected chi connectivity index (χ3v) is 6.63. The number of piperidine rings is 1. The fourth-order valence-corrected chi connectivity index (χ4v) is 5.10. The number of halogens is 1. The average Bonchev–Trinajstić information content (AvgIpc) is 3.37. The first-order valence-electron chi connectivity index (χ1n) is 10.8. The normalized spacial score (nSPS) is 22.8. The lowest BCUT2D eigenvalue weighted by Crippen LogP contribution is -2.37. The van der Waals surface area contributed by atoms with Gasteiger partial charge < -0.3 is 11.1 Å². The maximum absolute atomic E-state index is 14.1. The van der Waals surface area contributed by atoms with Crippen molar-refractivity contribution in [1.82, 2.24) is 24.9 Å². The SMILES string of the molecule is Nc1cc(C2CC3CCC(C2)N3)nc2c(-c3ccc(-c4ccccc4F)nc3)cnn12. The summed E-state index contributed by atoms with van der Waals surface area (Å²) in [7, 11) is 0. The van der Waals surface area contributed by atoms with Gasteiger partial charge in [0.05, 0.1) is 11.9 Å². The zero-order chi connectivity index (χ0) is 20.9. The maximum atomic E-state index is 14.1. The standard InChI is InChI=1S/C24H23FN6/c25-20-4-2-1-3-18(20)21-8-5-14(12-27-21)19-13-28-31-23(26)11-22(30-24(19)31)15-9-16-6-7-17(10-15)29-16/h1-5,8,11-13,15-17,29H,6-7,9-10,26H2. The molecular formula is C24H23FN6. The molecule has 0 saturated carbocycles. The largest absolute Gasteiger partial charge is 0.384 e. The van der Waals surface area contributed by atoms with Crippen LogP contribution in [0.2, 0.25) is 0 Å². The molecule has 2 aliphatic rings. The van der Waals surface area contributed by atoms with Crippen molar-refractivity contribution in [3.05, 3.63) is 66.4 Å². The van der Waals surface area contributed by atoms with E-state index < -0.39 is 0 Å². The molecule has 2 fully saturated rings. The minimum Gasteiger partial charge on any atom is -0.384 e. The Kier molecular flexibility index (Phi) is 4.24. The molecule has 0 amide bonds. The van der Waals surface area contributed by atoms with Crippen LogP contribution in [0.1, 0.15) is 37.3 Å². The fourth-order valence-electron chi connectivity index (χ4n) is 5.10. The van der Waals surface area contributed by atoms with Crippen LogP contribution in [0.3, 0.4) is 0 Å². The van der Waals surface area contributed by atoms with Crippen LogP contribution < -0.4 is 11.1 Å². The first kappa shape index (κ1) is 18.4. The molecule has 0 aliphatic carbocycles. The number of nitrogen functional groups attached to an aromatic ring is 1. The van der Waals surface area contributed by atoms with Crippen LogP contribution in [-0.4, -0.2) is 31.7 Å². The molecule has 3 N–H and O–H groups in total. The molecule has 5 heterocycles. The molecular weight excluding hydrogens is 391 g/mol. The Bertz CT molecular complexity index is 1250. The number of benzene rings is 1. The van der Waals surface area contributed by atoms with E-state index in [9.17, 15) is 4.39 Å². The Balaban J connectivity index is 1.38. The summed E-state index contributed by atoms with van der Waals surface area (Å²) < 4.78 is 15.8. The van der Waals surface area contributed by atoms with Gasteiger partial charge in [0.1, 0.15) is 11.6 Å². The van der Waals surface area contributed by atoms with Crippen molar-refractivity contribution in [1.29, 1.82) is 0 Å². The van der Waals surface area contributed by atoms with E-state index in [1.165, 1.54) is 18.9 Å². The van der Waals surface area contributed by atoms with E-state index in [0.717, 1.165) is 35.3 Å². The van der Waals surface area contributed by atoms with Gasteiger partial charge >= 0.3 is 0 Å². The second-order valence-electron chi connectivity index (χ2n) is 8.62. The van der Waals surface area contributed by atoms with E-state index in [1.54, 1.807) is 35.1 Å². The fraction of sp³-hybridized carbons (Fsp3) is 0.292. The molecule has 2 unspecified atom stereocenters. The van der Waals surface area contributed by atoms with Crippen LogP contribution in [0.15, 0.2) is 54.9 Å². The molecule has 6 nitrogen and oxygen atoms in total. The summed E-state index contributed by atoms with van der Waals surface area (Å²) in [6.07, 6.45) is 8.21. The Morgan fingerprint density at radius 1 is 1.00 bits per heavy atom. The number of aromatic nitrogens is 4. The van der Waals surface area contributed by atoms with Gasteiger partial charge in [-0.2, -0.15) is 9.61 Å². The van der Waals surface area contributed by atoms with Crippen molar-refractivity contribution >= 4 is 11.5 Å². The summed E-state index contributed by atoms with van der Waals surface area (Å²) in [5.74, 6) is 0.720. The summed E-state index contributed by atoms with van der Waals surface area (Å²) in [6.45, 7) is 0. The van der Waals surface area contributed by atoms with Crippen molar-refractivity contribution in [3.8, 4) is 22.4 Å². The maximum Gasteiger partial charge on any atom is 0.165 e. The Morgan fingerprint density at radius 2 is 1.81 bits per heavy atom. The number of anilines is 1. The highest BCUT2D eigenvalue weighted by atomic mass is 19.1. The van der Waals surface area contributed by atoms with Gasteiger partial charge in [0.2, 0.25) is 0 Å². The third-order valence-electron chi connectivity index (χ3n) is 6.63. The summed E-state index contributed by atoms with van der Waals surface area (Å²) in [5.41, 5.74) is 11.0. The molecule has 0 radical (unpaired) electrons. The molecule has 4 aromatic rings. The highest BCUT2D eigenvalue weighted by Gasteiger charge is 2.35. The summed E-state index contributed by atoms with van der Waals surface area (Å²) in [6, 6.07) is 13.6. The summed E-state index contributed by atoms with van der Waals surface area (Å²) in [4.78, 5) is 9.48. The molecule has 31 heavy (non-hydrogen) atoms. The van der Waals surface area contributed by atoms with Crippen LogP contribution in [0.25, 0.3) is 28.0 Å². The lowest BCUT2D eigenvalue weighted by molar-refractivity contribution is 0.359. The molecule has 0 spiro atoms. The van der Waals surface area contributed by atoms with E-state index in [2.05, 4.69) is 15.4 Å². The van der Waals surface area contributed by atoms with Crippen LogP contribution in [0, 0.1) is 5.82 Å². The highest BCUT2D eigenvalue weighted by Crippen LogP contribution is 2.38. The number of nitrogens with one attached hydrogen (secondary N) is 1. The number of nitrogens with zero attached hydrogens (tertiary/aromatic N) is 4. The quantitative estimate of drug-likeness (QED) is 0.526. The molecule has 7 heteroatoms. The minimum absolute atomic E-state index is 0.284. The van der Waals surface area contributed by atoms with Crippen LogP contribution >= 0.6 is 0 Å². The molecule has 156 valence electrons. The lowest BCUT2D eigenvalue weighted by atomic mass is 9.89. The van der Waals surface area contributed by atoms with Crippen molar-refractivity contribution < 1.29 is 4.39 Å². The van der Waals surface area contributed by atoms with Crippen molar-refractivity contribution in [2.45, 2.75) is 43.7 Å². The topological polar surface area (TPSA) is 81.1 Å². The molecule has 2 atom stereocenters. The molecule has 2 bridgehead atoms. The second kappa shape index (κ2) is 7.13. The van der Waals surface area contributed by atoms with Crippen LogP contribution in [-0.2, 0) is 0 Å². The summed E-state index contributed by atoms with van der Waals surface area (Å²) in [5, 5.41) is 8.13. The molecule has 6 rings (SSSR count). The molecule has 1 aromatic carbocycles. The predicted octanol–water partition coefficient (Wildman–Crippen LogP) is 4.18. The first-order valence-corrected chi connectivity index (χ1v) is 10.8. The van der Waals surface area contributed by atoms with Gasteiger partial charge in [0, 0.05) is 52.6 Å². The summed E-state index contributed by atoms with van der Waals surface area (Å²) >= 11 is 0. The number of rotatable bonds is 3. The second-order valence-corrected chi connectivity index (χ2v) is 8.62. The first-order chi connectivity index (χ1) is 15.2. The van der Waals surface area contributed by atoms with Gasteiger partial charge in [-0.25, -0.2) is 9.37 Å². The number of hydrogen-bond donors (Lipinski definition) is 2. The van der Waals surface area contributed by atoms with E-state index in [4.69, 9.17) is 10.7 Å². The van der Waals surface area contributed by atoms with Gasteiger partial charge in [-0.1, -0.05) is 18.2 Å². The third kappa shape index (κ3) is 3.16. The van der Waals surface area contributed by atoms with Gasteiger partial charge in [-0.3, -0.25) is 4.98 Å². The minimum atomic E-state index is -0.284. The van der Waals surface area contributed by atoms with E-state index in [1.807, 2.05) is 18.2 Å². The molecule has 2 aliphatic heterocycles. The molecule has 2 saturated heterocycles. The monoisotopic (exact) mass is 414 g/mol. The predicted molar refractivity (Wildman–Crippen MR) is 118 cm³/mol. The molecule has 3 aromatic heterocycles. The number of pyridine rings is 1. The van der Waals surface area contributed by atoms with E-state index in [-0.39, 0.29) is 5.82 Å². The van der Waals surface area contributed by atoms with Crippen molar-refractivity contribution in [2.75, 3.05) is 5.73 Å². The number of hydrogen-bond acceptors (Lipinski definition) is 5. The smallest absolute Gasteiger partial charge is 0.165 e. The van der Waals surface area contributed by atoms with Gasteiger partial charge in [0.25, 0.3) is 0 Å². The van der Waals surface area contributed by atoms with Crippen LogP contribution in [0.5, 0.6) is 0 Å². The van der Waals surface area contributed by atoms with Gasteiger partial charge in [-0.15, -0.1) is 0 Å². The van der Waals surface area contributed by atoms with Crippen molar-refractivity contribution in [2.24, 2.45) is 0 Å². The zero-order valence-electron chi connectivity index (χ0n) is 17.0. The van der Waals surface area contributed by atoms with Crippen LogP contribution in [0.4, 0.5) is 10.2 Å². The van der Waals surface area contributed by atoms with E-state index in [0.29, 0.717) is 35.1 Å². The Morgan fingerprint density at radius 3 is 2.55 bits per heavy atom. The Labute approximate surface area is 179 Å². The van der Waals surface area contributed by atoms with Gasteiger partial charge in [-0.05, 0) is 43.9 Å². The van der Waals surface area contributed by atoms with Gasteiger partial charge in [0.15, 0.2) is 5.65 Å². The van der Waals surface area contributed by atoms with Crippen molar-refractivity contribution in [3.63, 3.8) is 0 Å². The average molecular weight is 414 g/mol. The highest BCUT2D eigenvalue weighted by molar-refractivity contribution is 5.78. The number of fused-ring (bicyclic) bond motifs is 3. The number of nitrogens with two attached hydrogens (primary N) is 1. The lowest BCUT2D eigenvalue weighted by Gasteiger charge is -2.28. The van der Waals surface area contributed by atoms with E-state index >= 15 is 0 Å². The Hall–Kier alpha value is -3.32.